The maximum atomic E-state index is 12.8. The molecule has 2 rings (SSSR count). The van der Waals surface area contributed by atoms with Gasteiger partial charge in [-0.05, 0) is 26.8 Å². The number of halogens is 2. The van der Waals surface area contributed by atoms with Gasteiger partial charge in [-0.3, -0.25) is 9.59 Å². The molecule has 33 heavy (non-hydrogen) atoms. The second kappa shape index (κ2) is 12.3. The molecule has 0 aliphatic heterocycles. The highest BCUT2D eigenvalue weighted by molar-refractivity contribution is 6.33. The minimum atomic E-state index is -1.43. The highest BCUT2D eigenvalue weighted by Gasteiger charge is 2.25. The maximum absolute atomic E-state index is 12.8. The first kappa shape index (κ1) is 26.2. The predicted molar refractivity (Wildman–Crippen MR) is 126 cm³/mol. The quantitative estimate of drug-likeness (QED) is 0.324. The lowest BCUT2D eigenvalue weighted by atomic mass is 10.2. The van der Waals surface area contributed by atoms with Gasteiger partial charge in [-0.15, -0.1) is 0 Å². The fraction of sp³-hybridized carbons (Fsp3) is 0.364. The summed E-state index contributed by atoms with van der Waals surface area (Å²) in [7, 11) is 2.88. The number of nitrogens with one attached hydrogen (secondary N) is 1. The molecular formula is C22H25Cl2N3O6. The molecule has 0 spiro atoms. The van der Waals surface area contributed by atoms with E-state index in [4.69, 9.17) is 42.1 Å². The van der Waals surface area contributed by atoms with Gasteiger partial charge in [0.05, 0.1) is 37.5 Å². The van der Waals surface area contributed by atoms with Crippen molar-refractivity contribution in [2.24, 2.45) is 10.2 Å². The van der Waals surface area contributed by atoms with Crippen molar-refractivity contribution in [2.75, 3.05) is 32.8 Å². The van der Waals surface area contributed by atoms with Crippen LogP contribution in [0.3, 0.4) is 0 Å². The lowest BCUT2D eigenvalue weighted by Gasteiger charge is -2.14. The van der Waals surface area contributed by atoms with Gasteiger partial charge in [0, 0.05) is 23.9 Å². The summed E-state index contributed by atoms with van der Waals surface area (Å²) in [5, 5.41) is 11.1. The van der Waals surface area contributed by atoms with Gasteiger partial charge in [0.1, 0.15) is 11.4 Å². The van der Waals surface area contributed by atoms with Gasteiger partial charge in [-0.1, -0.05) is 23.2 Å². The Hall–Kier alpha value is -3.04. The summed E-state index contributed by atoms with van der Waals surface area (Å²) in [5.41, 5.74) is 0.515. The van der Waals surface area contributed by atoms with Crippen LogP contribution in [0.1, 0.15) is 20.8 Å². The van der Waals surface area contributed by atoms with Gasteiger partial charge >= 0.3 is 0 Å². The Kier molecular flexibility index (Phi) is 9.74. The average Bonchev–Trinajstić information content (AvgIpc) is 2.75. The number of methoxy groups -OCH3 is 2. The van der Waals surface area contributed by atoms with E-state index >= 15 is 0 Å². The van der Waals surface area contributed by atoms with Crippen molar-refractivity contribution >= 4 is 46.3 Å². The number of amides is 1. The van der Waals surface area contributed by atoms with Gasteiger partial charge < -0.3 is 24.3 Å². The molecule has 0 aliphatic carbocycles. The highest BCUT2D eigenvalue weighted by atomic mass is 35.5. The smallest absolute Gasteiger partial charge is 0.258 e. The standard InChI is InChI=1S/C22H25Cl2N3O6/c1-6-32-14-10-16(24)20(33-7-2)17(11-14)26-27-19(12(3)28)22(29)25-13-8-15(23)21(31-5)18(9-13)30-4/h8-11,19H,6-7H2,1-5H3,(H,25,29). The van der Waals surface area contributed by atoms with E-state index in [2.05, 4.69) is 15.5 Å². The van der Waals surface area contributed by atoms with Crippen molar-refractivity contribution in [3.05, 3.63) is 34.3 Å². The van der Waals surface area contributed by atoms with Crippen LogP contribution >= 0.6 is 23.2 Å². The summed E-state index contributed by atoms with van der Waals surface area (Å²) >= 11 is 12.5. The van der Waals surface area contributed by atoms with Gasteiger partial charge in [-0.2, -0.15) is 10.2 Å². The number of carbonyl (C=O) groups is 2. The molecule has 0 saturated heterocycles. The van der Waals surface area contributed by atoms with Crippen LogP contribution in [-0.4, -0.2) is 45.2 Å². The van der Waals surface area contributed by atoms with Crippen molar-refractivity contribution in [1.29, 1.82) is 0 Å². The second-order valence-corrected chi connectivity index (χ2v) is 7.35. The third kappa shape index (κ3) is 6.72. The molecule has 1 N–H and O–H groups in total. The highest BCUT2D eigenvalue weighted by Crippen LogP contribution is 2.40. The number of Topliss-reactive ketones (excluding diaryl/α,β-unsaturated/α-hetero) is 1. The number of benzene rings is 2. The Labute approximate surface area is 202 Å². The first-order chi connectivity index (χ1) is 15.7. The van der Waals surface area contributed by atoms with E-state index in [1.807, 2.05) is 6.92 Å². The number of azo groups is 1. The van der Waals surface area contributed by atoms with Crippen molar-refractivity contribution in [1.82, 2.24) is 0 Å². The van der Waals surface area contributed by atoms with Crippen LogP contribution in [-0.2, 0) is 9.59 Å². The largest absolute Gasteiger partial charge is 0.494 e. The number of hydrogen-bond donors (Lipinski definition) is 1. The van der Waals surface area contributed by atoms with Crippen molar-refractivity contribution < 1.29 is 28.5 Å². The third-order valence-electron chi connectivity index (χ3n) is 4.21. The van der Waals surface area contributed by atoms with Crippen molar-refractivity contribution in [2.45, 2.75) is 26.8 Å². The summed E-state index contributed by atoms with van der Waals surface area (Å²) in [6, 6.07) is 4.70. The normalized spacial score (nSPS) is 11.7. The molecule has 11 heteroatoms. The molecule has 1 unspecified atom stereocenters. The Bertz CT molecular complexity index is 1050. The van der Waals surface area contributed by atoms with Crippen LogP contribution in [0.15, 0.2) is 34.5 Å². The summed E-state index contributed by atoms with van der Waals surface area (Å²) in [6.07, 6.45) is 0. The van der Waals surface area contributed by atoms with E-state index in [1.54, 1.807) is 19.1 Å². The predicted octanol–water partition coefficient (Wildman–Crippen LogP) is 5.49. The first-order valence-electron chi connectivity index (χ1n) is 9.98. The molecule has 2 aromatic carbocycles. The number of hydrogen-bond acceptors (Lipinski definition) is 8. The van der Waals surface area contributed by atoms with Gasteiger partial charge in [0.25, 0.3) is 5.91 Å². The number of ether oxygens (including phenoxy) is 4. The molecule has 0 saturated carbocycles. The van der Waals surface area contributed by atoms with Crippen LogP contribution in [0.2, 0.25) is 10.0 Å². The SMILES string of the molecule is CCOc1cc(Cl)c(OCC)c(N=NC(C(C)=O)C(=O)Nc2cc(Cl)c(OC)c(OC)c2)c1. The molecule has 0 fully saturated rings. The fourth-order valence-corrected chi connectivity index (χ4v) is 3.35. The third-order valence-corrected chi connectivity index (χ3v) is 4.77. The zero-order chi connectivity index (χ0) is 24.5. The summed E-state index contributed by atoms with van der Waals surface area (Å²) in [6.45, 7) is 5.58. The molecular weight excluding hydrogens is 473 g/mol. The van der Waals surface area contributed by atoms with Crippen molar-refractivity contribution in [3.8, 4) is 23.0 Å². The number of rotatable bonds is 11. The number of ketones is 1. The van der Waals surface area contributed by atoms with E-state index in [-0.39, 0.29) is 21.5 Å². The maximum Gasteiger partial charge on any atom is 0.258 e. The zero-order valence-corrected chi connectivity index (χ0v) is 20.4. The molecule has 0 aliphatic rings. The molecule has 0 radical (unpaired) electrons. The molecule has 1 atom stereocenters. The van der Waals surface area contributed by atoms with Crippen LogP contribution in [0.5, 0.6) is 23.0 Å². The first-order valence-corrected chi connectivity index (χ1v) is 10.7. The van der Waals surface area contributed by atoms with E-state index in [0.717, 1.165) is 0 Å². The summed E-state index contributed by atoms with van der Waals surface area (Å²) in [5.74, 6) is 0.108. The Morgan fingerprint density at radius 3 is 2.21 bits per heavy atom. The average molecular weight is 498 g/mol. The van der Waals surface area contributed by atoms with Crippen LogP contribution in [0.4, 0.5) is 11.4 Å². The zero-order valence-electron chi connectivity index (χ0n) is 18.9. The lowest BCUT2D eigenvalue weighted by molar-refractivity contribution is -0.126. The molecule has 2 aromatic rings. The summed E-state index contributed by atoms with van der Waals surface area (Å²) in [4.78, 5) is 25.0. The number of nitrogens with zero attached hydrogens (tertiary/aromatic N) is 2. The molecule has 0 aromatic heterocycles. The van der Waals surface area contributed by atoms with Crippen LogP contribution < -0.4 is 24.3 Å². The van der Waals surface area contributed by atoms with Crippen LogP contribution in [0, 0.1) is 0 Å². The van der Waals surface area contributed by atoms with Crippen molar-refractivity contribution in [3.63, 3.8) is 0 Å². The lowest BCUT2D eigenvalue weighted by Crippen LogP contribution is -2.31. The van der Waals surface area contributed by atoms with E-state index in [9.17, 15) is 9.59 Å². The summed E-state index contributed by atoms with van der Waals surface area (Å²) < 4.78 is 21.4. The topological polar surface area (TPSA) is 108 Å². The van der Waals surface area contributed by atoms with E-state index < -0.39 is 17.7 Å². The monoisotopic (exact) mass is 497 g/mol. The molecule has 1 amide bonds. The molecule has 0 heterocycles. The minimum absolute atomic E-state index is 0.219. The minimum Gasteiger partial charge on any atom is -0.494 e. The number of anilines is 1. The van der Waals surface area contributed by atoms with Crippen LogP contribution in [0.25, 0.3) is 0 Å². The Morgan fingerprint density at radius 2 is 1.64 bits per heavy atom. The number of carbonyl (C=O) groups excluding carboxylic acids is 2. The molecule has 178 valence electrons. The van der Waals surface area contributed by atoms with E-state index in [1.165, 1.54) is 33.3 Å². The molecule has 9 nitrogen and oxygen atoms in total. The second-order valence-electron chi connectivity index (χ2n) is 6.53. The fourth-order valence-electron chi connectivity index (χ4n) is 2.81. The van der Waals surface area contributed by atoms with Gasteiger partial charge in [-0.25, -0.2) is 0 Å². The Balaban J connectivity index is 2.35. The Morgan fingerprint density at radius 1 is 0.970 bits per heavy atom. The molecule has 0 bridgehead atoms. The van der Waals surface area contributed by atoms with Gasteiger partial charge in [0.2, 0.25) is 6.04 Å². The van der Waals surface area contributed by atoms with E-state index in [0.29, 0.717) is 36.1 Å². The van der Waals surface area contributed by atoms with Gasteiger partial charge in [0.15, 0.2) is 23.0 Å².